The van der Waals surface area contributed by atoms with Crippen molar-refractivity contribution in [2.45, 2.75) is 45.3 Å². The third-order valence-electron chi connectivity index (χ3n) is 4.19. The zero-order chi connectivity index (χ0) is 14.5. The van der Waals surface area contributed by atoms with Gasteiger partial charge in [0.05, 0.1) is 6.10 Å². The minimum absolute atomic E-state index is 0.193. The van der Waals surface area contributed by atoms with Crippen molar-refractivity contribution >= 4 is 5.95 Å². The number of nitrogens with zero attached hydrogens (tertiary/aromatic N) is 3. The van der Waals surface area contributed by atoms with Crippen LogP contribution in [0.5, 0.6) is 0 Å². The first kappa shape index (κ1) is 15.2. The van der Waals surface area contributed by atoms with Crippen LogP contribution in [0.15, 0.2) is 12.4 Å². The molecule has 0 saturated carbocycles. The maximum Gasteiger partial charge on any atom is 0.225 e. The summed E-state index contributed by atoms with van der Waals surface area (Å²) in [5.74, 6) is 1.39. The number of piperidine rings is 1. The van der Waals surface area contributed by atoms with Gasteiger partial charge in [-0.1, -0.05) is 13.8 Å². The van der Waals surface area contributed by atoms with E-state index in [9.17, 15) is 0 Å². The molecule has 2 rings (SSSR count). The van der Waals surface area contributed by atoms with E-state index in [2.05, 4.69) is 28.7 Å². The topological polar surface area (TPSA) is 64.3 Å². The molecule has 0 aromatic carbocycles. The van der Waals surface area contributed by atoms with Crippen molar-refractivity contribution in [3.8, 4) is 0 Å². The minimum Gasteiger partial charge on any atom is -0.379 e. The van der Waals surface area contributed by atoms with E-state index in [4.69, 9.17) is 10.5 Å². The predicted octanol–water partition coefficient (Wildman–Crippen LogP) is 1.62. The molecule has 112 valence electrons. The lowest BCUT2D eigenvalue weighted by Crippen LogP contribution is -2.44. The normalized spacial score (nSPS) is 24.7. The number of nitrogens with two attached hydrogens (primary N) is 1. The molecular weight excluding hydrogens is 252 g/mol. The lowest BCUT2D eigenvalue weighted by atomic mass is 9.96. The van der Waals surface area contributed by atoms with Crippen molar-refractivity contribution in [1.82, 2.24) is 9.97 Å². The molecule has 20 heavy (non-hydrogen) atoms. The Balaban J connectivity index is 1.99. The summed E-state index contributed by atoms with van der Waals surface area (Å²) in [7, 11) is 1.78. The molecule has 5 heteroatoms. The molecule has 2 N–H and O–H groups in total. The lowest BCUT2D eigenvalue weighted by Gasteiger charge is -2.36. The van der Waals surface area contributed by atoms with Crippen molar-refractivity contribution in [2.24, 2.45) is 11.7 Å². The van der Waals surface area contributed by atoms with Gasteiger partial charge in [-0.25, -0.2) is 9.97 Å². The van der Waals surface area contributed by atoms with Crippen LogP contribution in [0, 0.1) is 5.92 Å². The Morgan fingerprint density at radius 1 is 1.45 bits per heavy atom. The molecule has 1 aliphatic rings. The van der Waals surface area contributed by atoms with Crippen LogP contribution in [-0.2, 0) is 11.2 Å². The molecular formula is C15H26N4O. The Bertz CT molecular complexity index is 409. The van der Waals surface area contributed by atoms with E-state index in [1.807, 2.05) is 12.4 Å². The van der Waals surface area contributed by atoms with Crippen molar-refractivity contribution in [1.29, 1.82) is 0 Å². The second-order valence-electron chi connectivity index (χ2n) is 5.75. The van der Waals surface area contributed by atoms with Crippen LogP contribution in [-0.4, -0.2) is 42.3 Å². The summed E-state index contributed by atoms with van der Waals surface area (Å²) < 4.78 is 5.53. The Hall–Kier alpha value is -1.20. The van der Waals surface area contributed by atoms with E-state index >= 15 is 0 Å². The van der Waals surface area contributed by atoms with E-state index in [1.54, 1.807) is 7.11 Å². The van der Waals surface area contributed by atoms with Crippen molar-refractivity contribution in [2.75, 3.05) is 25.1 Å². The molecule has 3 unspecified atom stereocenters. The van der Waals surface area contributed by atoms with E-state index in [0.29, 0.717) is 5.92 Å². The van der Waals surface area contributed by atoms with Gasteiger partial charge in [0.1, 0.15) is 0 Å². The maximum atomic E-state index is 5.95. The summed E-state index contributed by atoms with van der Waals surface area (Å²) >= 11 is 0. The second kappa shape index (κ2) is 6.99. The van der Waals surface area contributed by atoms with Crippen LogP contribution in [0.1, 0.15) is 32.3 Å². The Morgan fingerprint density at radius 2 is 2.15 bits per heavy atom. The first-order chi connectivity index (χ1) is 9.63. The van der Waals surface area contributed by atoms with Gasteiger partial charge in [0.25, 0.3) is 0 Å². The molecule has 5 nitrogen and oxygen atoms in total. The fourth-order valence-electron chi connectivity index (χ4n) is 2.59. The molecule has 0 radical (unpaired) electrons. The standard InChI is InChI=1S/C15H26N4O/c1-4-13(16)7-12-8-17-15(18-9-12)19-6-5-11(2)14(10-19)20-3/h8-9,11,13-14H,4-7,10,16H2,1-3H3. The number of aromatic nitrogens is 2. The largest absolute Gasteiger partial charge is 0.379 e. The summed E-state index contributed by atoms with van der Waals surface area (Å²) in [5, 5.41) is 0. The highest BCUT2D eigenvalue weighted by Crippen LogP contribution is 2.22. The first-order valence-electron chi connectivity index (χ1n) is 7.48. The molecule has 1 saturated heterocycles. The summed E-state index contributed by atoms with van der Waals surface area (Å²) in [5.41, 5.74) is 7.06. The van der Waals surface area contributed by atoms with Crippen LogP contribution < -0.4 is 10.6 Å². The Labute approximate surface area is 121 Å². The van der Waals surface area contributed by atoms with Crippen LogP contribution >= 0.6 is 0 Å². The molecule has 0 bridgehead atoms. The number of hydrogen-bond donors (Lipinski definition) is 1. The van der Waals surface area contributed by atoms with Gasteiger partial charge in [-0.3, -0.25) is 0 Å². The van der Waals surface area contributed by atoms with E-state index in [1.165, 1.54) is 0 Å². The second-order valence-corrected chi connectivity index (χ2v) is 5.75. The van der Waals surface area contributed by atoms with Crippen LogP contribution in [0.4, 0.5) is 5.95 Å². The van der Waals surface area contributed by atoms with Gasteiger partial charge in [-0.2, -0.15) is 0 Å². The quantitative estimate of drug-likeness (QED) is 0.886. The highest BCUT2D eigenvalue weighted by molar-refractivity contribution is 5.31. The van der Waals surface area contributed by atoms with Crippen molar-refractivity contribution in [3.63, 3.8) is 0 Å². The van der Waals surface area contributed by atoms with Gasteiger partial charge in [0, 0.05) is 38.6 Å². The van der Waals surface area contributed by atoms with Crippen LogP contribution in [0.2, 0.25) is 0 Å². The molecule has 0 aliphatic carbocycles. The number of rotatable bonds is 5. The average molecular weight is 278 g/mol. The summed E-state index contributed by atoms with van der Waals surface area (Å²) in [4.78, 5) is 11.2. The SMILES string of the molecule is CCC(N)Cc1cnc(N2CCC(C)C(OC)C2)nc1. The average Bonchev–Trinajstić information content (AvgIpc) is 2.48. The van der Waals surface area contributed by atoms with Crippen LogP contribution in [0.25, 0.3) is 0 Å². The van der Waals surface area contributed by atoms with E-state index < -0.39 is 0 Å². The maximum absolute atomic E-state index is 5.95. The number of anilines is 1. The number of ether oxygens (including phenoxy) is 1. The summed E-state index contributed by atoms with van der Waals surface area (Å²) in [6, 6.07) is 0.193. The molecule has 0 amide bonds. The van der Waals surface area contributed by atoms with Crippen LogP contribution in [0.3, 0.4) is 0 Å². The fourth-order valence-corrected chi connectivity index (χ4v) is 2.59. The monoisotopic (exact) mass is 278 g/mol. The van der Waals surface area contributed by atoms with Gasteiger partial charge in [-0.05, 0) is 30.7 Å². The molecule has 2 heterocycles. The third-order valence-corrected chi connectivity index (χ3v) is 4.19. The Kier molecular flexibility index (Phi) is 5.31. The molecule has 1 aliphatic heterocycles. The predicted molar refractivity (Wildman–Crippen MR) is 80.8 cm³/mol. The first-order valence-corrected chi connectivity index (χ1v) is 7.48. The minimum atomic E-state index is 0.193. The molecule has 3 atom stereocenters. The smallest absolute Gasteiger partial charge is 0.225 e. The summed E-state index contributed by atoms with van der Waals surface area (Å²) in [6.45, 7) is 6.20. The molecule has 1 aromatic rings. The van der Waals surface area contributed by atoms with Crippen molar-refractivity contribution < 1.29 is 4.74 Å². The van der Waals surface area contributed by atoms with Gasteiger partial charge >= 0.3 is 0 Å². The highest BCUT2D eigenvalue weighted by Gasteiger charge is 2.27. The Morgan fingerprint density at radius 3 is 2.75 bits per heavy atom. The van der Waals surface area contributed by atoms with E-state index in [-0.39, 0.29) is 12.1 Å². The number of hydrogen-bond acceptors (Lipinski definition) is 5. The van der Waals surface area contributed by atoms with Gasteiger partial charge in [0.15, 0.2) is 0 Å². The van der Waals surface area contributed by atoms with Gasteiger partial charge in [-0.15, -0.1) is 0 Å². The van der Waals surface area contributed by atoms with Gasteiger partial charge < -0.3 is 15.4 Å². The number of methoxy groups -OCH3 is 1. The van der Waals surface area contributed by atoms with E-state index in [0.717, 1.165) is 43.9 Å². The van der Waals surface area contributed by atoms with Crippen molar-refractivity contribution in [3.05, 3.63) is 18.0 Å². The zero-order valence-electron chi connectivity index (χ0n) is 12.7. The fraction of sp³-hybridized carbons (Fsp3) is 0.733. The zero-order valence-corrected chi connectivity index (χ0v) is 12.7. The molecule has 0 spiro atoms. The summed E-state index contributed by atoms with van der Waals surface area (Å²) in [6.07, 6.45) is 7.00. The molecule has 1 fully saturated rings. The third kappa shape index (κ3) is 3.67. The highest BCUT2D eigenvalue weighted by atomic mass is 16.5. The molecule has 1 aromatic heterocycles. The lowest BCUT2D eigenvalue weighted by molar-refractivity contribution is 0.0494. The van der Waals surface area contributed by atoms with Gasteiger partial charge in [0.2, 0.25) is 5.95 Å².